The fraction of sp³-hybridized carbons (Fsp3) is 0.933. The molecule has 0 bridgehead atoms. The second-order valence-corrected chi connectivity index (χ2v) is 6.03. The molecule has 0 radical (unpaired) electrons. The van der Waals surface area contributed by atoms with Gasteiger partial charge in [0.15, 0.2) is 0 Å². The van der Waals surface area contributed by atoms with E-state index in [1.807, 2.05) is 0 Å². The molecular formula is C15H27N3O. The average Bonchev–Trinajstić information content (AvgIpc) is 2.90. The molecular weight excluding hydrogens is 238 g/mol. The van der Waals surface area contributed by atoms with Gasteiger partial charge in [0.2, 0.25) is 0 Å². The van der Waals surface area contributed by atoms with Gasteiger partial charge in [-0.25, -0.2) is 0 Å². The molecule has 1 aliphatic heterocycles. The van der Waals surface area contributed by atoms with Crippen molar-refractivity contribution in [2.45, 2.75) is 63.1 Å². The van der Waals surface area contributed by atoms with Crippen molar-refractivity contribution in [1.29, 1.82) is 5.26 Å². The highest BCUT2D eigenvalue weighted by atomic mass is 16.5. The lowest BCUT2D eigenvalue weighted by atomic mass is 9.98. The molecule has 2 rings (SSSR count). The smallest absolute Gasteiger partial charge is 0.108 e. The molecule has 2 atom stereocenters. The van der Waals surface area contributed by atoms with Crippen molar-refractivity contribution >= 4 is 0 Å². The molecule has 1 N–H and O–H groups in total. The zero-order valence-corrected chi connectivity index (χ0v) is 12.3. The van der Waals surface area contributed by atoms with Crippen LogP contribution in [-0.4, -0.2) is 49.3 Å². The van der Waals surface area contributed by atoms with E-state index >= 15 is 0 Å². The van der Waals surface area contributed by atoms with E-state index < -0.39 is 0 Å². The standard InChI is InChI=1S/C15H27N3O/c1-3-8-17-15(12-16)7-4-14(11-15)18(2)13-5-9-19-10-6-13/h13-14,17H,3-11H2,1-2H3. The molecule has 4 heteroatoms. The first-order chi connectivity index (χ1) is 9.21. The van der Waals surface area contributed by atoms with Crippen LogP contribution in [0.4, 0.5) is 0 Å². The highest BCUT2D eigenvalue weighted by Crippen LogP contribution is 2.34. The highest BCUT2D eigenvalue weighted by molar-refractivity contribution is 5.13. The van der Waals surface area contributed by atoms with Gasteiger partial charge >= 0.3 is 0 Å². The van der Waals surface area contributed by atoms with Crippen molar-refractivity contribution in [3.63, 3.8) is 0 Å². The van der Waals surface area contributed by atoms with Gasteiger partial charge in [0.05, 0.1) is 6.07 Å². The molecule has 0 amide bonds. The van der Waals surface area contributed by atoms with E-state index in [4.69, 9.17) is 4.74 Å². The lowest BCUT2D eigenvalue weighted by molar-refractivity contribution is 0.0287. The van der Waals surface area contributed by atoms with E-state index in [0.29, 0.717) is 12.1 Å². The maximum Gasteiger partial charge on any atom is 0.108 e. The molecule has 19 heavy (non-hydrogen) atoms. The van der Waals surface area contributed by atoms with Crippen LogP contribution in [0.15, 0.2) is 0 Å². The van der Waals surface area contributed by atoms with Crippen molar-refractivity contribution in [3.8, 4) is 6.07 Å². The molecule has 1 saturated heterocycles. The van der Waals surface area contributed by atoms with E-state index in [-0.39, 0.29) is 5.54 Å². The van der Waals surface area contributed by atoms with Crippen molar-refractivity contribution < 1.29 is 4.74 Å². The molecule has 0 aromatic carbocycles. The van der Waals surface area contributed by atoms with Crippen LogP contribution < -0.4 is 5.32 Å². The monoisotopic (exact) mass is 265 g/mol. The maximum absolute atomic E-state index is 9.50. The van der Waals surface area contributed by atoms with Gasteiger partial charge in [-0.1, -0.05) is 6.92 Å². The fourth-order valence-electron chi connectivity index (χ4n) is 3.42. The largest absolute Gasteiger partial charge is 0.381 e. The predicted molar refractivity (Wildman–Crippen MR) is 75.9 cm³/mol. The molecule has 2 aliphatic rings. The Labute approximate surface area is 117 Å². The van der Waals surface area contributed by atoms with Gasteiger partial charge in [0, 0.05) is 25.3 Å². The summed E-state index contributed by atoms with van der Waals surface area (Å²) in [6, 6.07) is 3.72. The topological polar surface area (TPSA) is 48.3 Å². The Morgan fingerprint density at radius 1 is 1.32 bits per heavy atom. The van der Waals surface area contributed by atoms with Gasteiger partial charge in [0.1, 0.15) is 5.54 Å². The molecule has 1 heterocycles. The number of nitrogens with zero attached hydrogens (tertiary/aromatic N) is 2. The zero-order chi connectivity index (χ0) is 13.7. The van der Waals surface area contributed by atoms with Gasteiger partial charge in [-0.2, -0.15) is 5.26 Å². The van der Waals surface area contributed by atoms with E-state index in [1.54, 1.807) is 0 Å². The molecule has 0 aromatic heterocycles. The summed E-state index contributed by atoms with van der Waals surface area (Å²) >= 11 is 0. The Bertz CT molecular complexity index is 322. The first-order valence-electron chi connectivity index (χ1n) is 7.67. The number of ether oxygens (including phenoxy) is 1. The number of hydrogen-bond donors (Lipinski definition) is 1. The first-order valence-corrected chi connectivity index (χ1v) is 7.67. The number of rotatable bonds is 5. The summed E-state index contributed by atoms with van der Waals surface area (Å²) in [4.78, 5) is 2.51. The molecule has 2 fully saturated rings. The van der Waals surface area contributed by atoms with Crippen molar-refractivity contribution in [3.05, 3.63) is 0 Å². The highest BCUT2D eigenvalue weighted by Gasteiger charge is 2.41. The van der Waals surface area contributed by atoms with Crippen molar-refractivity contribution in [2.75, 3.05) is 26.8 Å². The Balaban J connectivity index is 1.90. The second-order valence-electron chi connectivity index (χ2n) is 6.03. The summed E-state index contributed by atoms with van der Waals surface area (Å²) in [6.45, 7) is 4.87. The molecule has 4 nitrogen and oxygen atoms in total. The van der Waals surface area contributed by atoms with E-state index in [9.17, 15) is 5.26 Å². The Morgan fingerprint density at radius 3 is 2.68 bits per heavy atom. The van der Waals surface area contributed by atoms with Crippen LogP contribution in [0.2, 0.25) is 0 Å². The molecule has 108 valence electrons. The molecule has 1 saturated carbocycles. The number of nitrogens with one attached hydrogen (secondary N) is 1. The maximum atomic E-state index is 9.50. The summed E-state index contributed by atoms with van der Waals surface area (Å²) < 4.78 is 5.44. The van der Waals surface area contributed by atoms with Crippen molar-refractivity contribution in [1.82, 2.24) is 10.2 Å². The Hall–Kier alpha value is -0.630. The predicted octanol–water partition coefficient (Wildman–Crippen LogP) is 1.91. The van der Waals surface area contributed by atoms with Gasteiger partial charge in [-0.05, 0) is 52.1 Å². The zero-order valence-electron chi connectivity index (χ0n) is 12.3. The van der Waals surface area contributed by atoms with Gasteiger partial charge in [-0.15, -0.1) is 0 Å². The normalized spacial score (nSPS) is 32.6. The minimum Gasteiger partial charge on any atom is -0.381 e. The van der Waals surface area contributed by atoms with Crippen LogP contribution in [0.3, 0.4) is 0 Å². The van der Waals surface area contributed by atoms with Crippen LogP contribution in [-0.2, 0) is 4.74 Å². The van der Waals surface area contributed by atoms with Gasteiger partial charge in [0.25, 0.3) is 0 Å². The van der Waals surface area contributed by atoms with E-state index in [0.717, 1.165) is 58.3 Å². The minimum atomic E-state index is -0.278. The number of nitriles is 1. The minimum absolute atomic E-state index is 0.278. The molecule has 1 aliphatic carbocycles. The average molecular weight is 265 g/mol. The van der Waals surface area contributed by atoms with Crippen LogP contribution in [0, 0.1) is 11.3 Å². The van der Waals surface area contributed by atoms with E-state index in [2.05, 4.69) is 30.3 Å². The van der Waals surface area contributed by atoms with Crippen LogP contribution in [0.25, 0.3) is 0 Å². The lowest BCUT2D eigenvalue weighted by Crippen LogP contribution is -2.46. The van der Waals surface area contributed by atoms with Crippen LogP contribution in [0.1, 0.15) is 45.4 Å². The molecule has 0 spiro atoms. The Kier molecular flexibility index (Phi) is 5.20. The lowest BCUT2D eigenvalue weighted by Gasteiger charge is -2.36. The van der Waals surface area contributed by atoms with Crippen molar-refractivity contribution in [2.24, 2.45) is 0 Å². The summed E-state index contributed by atoms with van der Waals surface area (Å²) in [5, 5.41) is 13.0. The third-order valence-electron chi connectivity index (χ3n) is 4.76. The number of hydrogen-bond acceptors (Lipinski definition) is 4. The summed E-state index contributed by atoms with van der Waals surface area (Å²) in [7, 11) is 2.23. The second kappa shape index (κ2) is 6.69. The third kappa shape index (κ3) is 3.47. The van der Waals surface area contributed by atoms with Gasteiger partial charge in [-0.3, -0.25) is 5.32 Å². The molecule has 2 unspecified atom stereocenters. The van der Waals surface area contributed by atoms with Crippen LogP contribution >= 0.6 is 0 Å². The summed E-state index contributed by atoms with van der Waals surface area (Å²) in [5.41, 5.74) is -0.278. The summed E-state index contributed by atoms with van der Waals surface area (Å²) in [5.74, 6) is 0. The Morgan fingerprint density at radius 2 is 2.05 bits per heavy atom. The third-order valence-corrected chi connectivity index (χ3v) is 4.76. The first kappa shape index (κ1) is 14.8. The van der Waals surface area contributed by atoms with Gasteiger partial charge < -0.3 is 9.64 Å². The fourth-order valence-corrected chi connectivity index (χ4v) is 3.42. The van der Waals surface area contributed by atoms with Crippen LogP contribution in [0.5, 0.6) is 0 Å². The quantitative estimate of drug-likeness (QED) is 0.825. The SMILES string of the molecule is CCCNC1(C#N)CCC(N(C)C2CCOCC2)C1. The molecule has 0 aromatic rings. The van der Waals surface area contributed by atoms with E-state index in [1.165, 1.54) is 0 Å². The summed E-state index contributed by atoms with van der Waals surface area (Å²) in [6.07, 6.45) is 6.45.